The van der Waals surface area contributed by atoms with E-state index in [0.717, 1.165) is 22.3 Å². The summed E-state index contributed by atoms with van der Waals surface area (Å²) in [6, 6.07) is 11.2. The molecule has 1 aliphatic heterocycles. The van der Waals surface area contributed by atoms with E-state index in [0.29, 0.717) is 5.75 Å². The number of rotatable bonds is 3. The van der Waals surface area contributed by atoms with E-state index in [4.69, 9.17) is 5.11 Å². The fourth-order valence-corrected chi connectivity index (χ4v) is 2.80. The van der Waals surface area contributed by atoms with Gasteiger partial charge in [-0.05, 0) is 58.7 Å². The number of aryl methyl sites for hydroxylation is 1. The van der Waals surface area contributed by atoms with Crippen LogP contribution >= 0.6 is 0 Å². The predicted octanol–water partition coefficient (Wildman–Crippen LogP) is 5.14. The molecular formula is C30H29N2O2+. The van der Waals surface area contributed by atoms with Gasteiger partial charge in [-0.3, -0.25) is 4.79 Å². The first-order valence-electron chi connectivity index (χ1n) is 10.6. The number of phenols is 1. The van der Waals surface area contributed by atoms with E-state index in [1.807, 2.05) is 109 Å². The Labute approximate surface area is 202 Å². The molecular weight excluding hydrogens is 420 g/mol. The van der Waals surface area contributed by atoms with Crippen molar-refractivity contribution >= 4 is 17.9 Å². The van der Waals surface area contributed by atoms with Gasteiger partial charge >= 0.3 is 0 Å². The van der Waals surface area contributed by atoms with Gasteiger partial charge in [0.05, 0.1) is 0 Å². The Bertz CT molecular complexity index is 1110. The van der Waals surface area contributed by atoms with Crippen LogP contribution < -0.4 is 4.57 Å². The molecule has 2 aliphatic rings. The van der Waals surface area contributed by atoms with Crippen molar-refractivity contribution in [3.63, 3.8) is 0 Å². The highest BCUT2D eigenvalue weighted by Crippen LogP contribution is 2.13. The molecule has 0 spiro atoms. The molecule has 4 rings (SSSR count). The Kier molecular flexibility index (Phi) is 10.3. The molecule has 0 bridgehead atoms. The molecule has 0 amide bonds. The number of pyridine rings is 1. The summed E-state index contributed by atoms with van der Waals surface area (Å²) in [6.45, 7) is 0. The normalized spacial score (nSPS) is 13.8. The Balaban J connectivity index is 0.000000224. The number of carbonyl (C=O) groups excluding carboxylic acids is 1. The lowest BCUT2D eigenvalue weighted by Crippen LogP contribution is -2.25. The second-order valence-electron chi connectivity index (χ2n) is 7.42. The number of phenolic OH excluding ortho intramolecular Hbond substituents is 1. The summed E-state index contributed by atoms with van der Waals surface area (Å²) in [4.78, 5) is 12.9. The van der Waals surface area contributed by atoms with E-state index >= 15 is 0 Å². The third-order valence-electron chi connectivity index (χ3n) is 4.72. The number of allylic oxidation sites excluding steroid dienone is 10. The Morgan fingerprint density at radius 2 is 1.24 bits per heavy atom. The zero-order chi connectivity index (χ0) is 24.8. The van der Waals surface area contributed by atoms with Gasteiger partial charge in [-0.25, -0.2) is 4.57 Å². The number of aromatic nitrogens is 1. The molecule has 0 saturated heterocycles. The average molecular weight is 450 g/mol. The fourth-order valence-electron chi connectivity index (χ4n) is 2.80. The molecule has 4 heteroatoms. The molecule has 1 aromatic carbocycles. The number of hydrogen-bond donors (Lipinski definition) is 1. The molecule has 2 aromatic rings. The molecule has 0 fully saturated rings. The van der Waals surface area contributed by atoms with Gasteiger partial charge in [0.1, 0.15) is 12.8 Å². The summed E-state index contributed by atoms with van der Waals surface area (Å²) in [5.41, 5.74) is 4.41. The third-order valence-corrected chi connectivity index (χ3v) is 4.72. The molecule has 2 heterocycles. The van der Waals surface area contributed by atoms with Gasteiger partial charge in [0.2, 0.25) is 0 Å². The van der Waals surface area contributed by atoms with E-state index < -0.39 is 0 Å². The third kappa shape index (κ3) is 9.25. The molecule has 1 aromatic heterocycles. The van der Waals surface area contributed by atoms with Crippen LogP contribution in [0.5, 0.6) is 5.75 Å². The lowest BCUT2D eigenvalue weighted by molar-refractivity contribution is -0.671. The highest BCUT2D eigenvalue weighted by atomic mass is 16.3. The zero-order valence-corrected chi connectivity index (χ0v) is 19.5. The topological polar surface area (TPSA) is 44.4 Å². The van der Waals surface area contributed by atoms with Gasteiger partial charge < -0.3 is 10.0 Å². The smallest absolute Gasteiger partial charge is 0.178 e. The van der Waals surface area contributed by atoms with E-state index in [1.54, 1.807) is 24.3 Å². The summed E-state index contributed by atoms with van der Waals surface area (Å²) >= 11 is 0. The van der Waals surface area contributed by atoms with Crippen molar-refractivity contribution in [1.82, 2.24) is 4.90 Å². The van der Waals surface area contributed by atoms with Crippen molar-refractivity contribution < 1.29 is 14.5 Å². The van der Waals surface area contributed by atoms with E-state index in [-0.39, 0.29) is 5.78 Å². The SMILES string of the molecule is C#C.CN1C=CC(=CC=C2C=CC(=O)C=C2)C=C1.C[n+]1ccc(/C=C/c2ccc(O)cc2)cc1. The van der Waals surface area contributed by atoms with Crippen molar-refractivity contribution in [1.29, 1.82) is 0 Å². The number of terminal acetylenes is 1. The maximum absolute atomic E-state index is 10.9. The van der Waals surface area contributed by atoms with Crippen LogP contribution in [-0.4, -0.2) is 22.8 Å². The van der Waals surface area contributed by atoms with Crippen LogP contribution in [0.4, 0.5) is 0 Å². The van der Waals surface area contributed by atoms with Crippen LogP contribution in [0.1, 0.15) is 11.1 Å². The molecule has 0 saturated carbocycles. The lowest BCUT2D eigenvalue weighted by atomic mass is 10.1. The zero-order valence-electron chi connectivity index (χ0n) is 19.5. The molecule has 0 unspecified atom stereocenters. The summed E-state index contributed by atoms with van der Waals surface area (Å²) < 4.78 is 2.00. The average Bonchev–Trinajstić information content (AvgIpc) is 2.87. The van der Waals surface area contributed by atoms with Crippen LogP contribution in [0, 0.1) is 12.8 Å². The Morgan fingerprint density at radius 1 is 0.765 bits per heavy atom. The highest BCUT2D eigenvalue weighted by Gasteiger charge is 1.98. The second kappa shape index (κ2) is 13.7. The number of ketones is 1. The van der Waals surface area contributed by atoms with Gasteiger partial charge in [-0.15, -0.1) is 12.8 Å². The van der Waals surface area contributed by atoms with E-state index in [2.05, 4.69) is 25.0 Å². The molecule has 170 valence electrons. The quantitative estimate of drug-likeness (QED) is 0.521. The van der Waals surface area contributed by atoms with Crippen LogP contribution in [-0.2, 0) is 11.8 Å². The van der Waals surface area contributed by atoms with Gasteiger partial charge in [0, 0.05) is 31.6 Å². The maximum Gasteiger partial charge on any atom is 0.178 e. The Hall–Kier alpha value is -4.62. The summed E-state index contributed by atoms with van der Waals surface area (Å²) in [7, 11) is 3.98. The van der Waals surface area contributed by atoms with E-state index in [9.17, 15) is 4.79 Å². The minimum Gasteiger partial charge on any atom is -0.508 e. The van der Waals surface area contributed by atoms with Gasteiger partial charge in [0.15, 0.2) is 18.2 Å². The minimum absolute atomic E-state index is 0.0453. The molecule has 4 nitrogen and oxygen atoms in total. The first-order valence-corrected chi connectivity index (χ1v) is 10.6. The standard InChI is InChI=1S/2C14H13NO.C2H2/c2*1-15-10-8-13(9-11-15)3-2-12-4-6-14(16)7-5-12;1-2/h2*2-11H,1H3;1-2H/p+1. The molecule has 0 atom stereocenters. The second-order valence-corrected chi connectivity index (χ2v) is 7.42. The molecule has 1 N–H and O–H groups in total. The Morgan fingerprint density at radius 3 is 1.76 bits per heavy atom. The number of benzene rings is 1. The van der Waals surface area contributed by atoms with Crippen LogP contribution in [0.2, 0.25) is 0 Å². The van der Waals surface area contributed by atoms with Gasteiger partial charge in [0.25, 0.3) is 0 Å². The summed E-state index contributed by atoms with van der Waals surface area (Å²) in [6.07, 6.45) is 35.0. The van der Waals surface area contributed by atoms with Crippen molar-refractivity contribution in [3.8, 4) is 18.6 Å². The minimum atomic E-state index is 0.0453. The number of hydrogen-bond acceptors (Lipinski definition) is 3. The largest absolute Gasteiger partial charge is 0.508 e. The lowest BCUT2D eigenvalue weighted by Gasteiger charge is -2.11. The number of nitrogens with zero attached hydrogens (tertiary/aromatic N) is 2. The van der Waals surface area contributed by atoms with Crippen LogP contribution in [0.25, 0.3) is 12.2 Å². The van der Waals surface area contributed by atoms with Crippen molar-refractivity contribution in [2.45, 2.75) is 0 Å². The molecule has 1 aliphatic carbocycles. The van der Waals surface area contributed by atoms with Crippen molar-refractivity contribution in [3.05, 3.63) is 132 Å². The van der Waals surface area contributed by atoms with Crippen molar-refractivity contribution in [2.24, 2.45) is 7.05 Å². The van der Waals surface area contributed by atoms with Gasteiger partial charge in [-0.1, -0.05) is 48.6 Å². The molecule has 0 radical (unpaired) electrons. The number of carbonyl (C=O) groups is 1. The van der Waals surface area contributed by atoms with Crippen molar-refractivity contribution in [2.75, 3.05) is 7.05 Å². The fraction of sp³-hybridized carbons (Fsp3) is 0.0667. The monoisotopic (exact) mass is 449 g/mol. The summed E-state index contributed by atoms with van der Waals surface area (Å²) in [5.74, 6) is 0.341. The maximum atomic E-state index is 10.9. The first-order chi connectivity index (χ1) is 16.5. The first kappa shape index (κ1) is 25.6. The molecule has 34 heavy (non-hydrogen) atoms. The van der Waals surface area contributed by atoms with E-state index in [1.165, 1.54) is 0 Å². The van der Waals surface area contributed by atoms with Crippen LogP contribution in [0.3, 0.4) is 0 Å². The predicted molar refractivity (Wildman–Crippen MR) is 140 cm³/mol. The van der Waals surface area contributed by atoms with Crippen LogP contribution in [0.15, 0.2) is 121 Å². The highest BCUT2D eigenvalue weighted by molar-refractivity contribution is 6.01. The summed E-state index contributed by atoms with van der Waals surface area (Å²) in [5, 5.41) is 9.15. The van der Waals surface area contributed by atoms with Gasteiger partial charge in [-0.2, -0.15) is 0 Å². The number of aromatic hydroxyl groups is 1.